The van der Waals surface area contributed by atoms with Crippen molar-refractivity contribution in [3.05, 3.63) is 23.5 Å². The highest BCUT2D eigenvalue weighted by molar-refractivity contribution is 7.84. The molecule has 0 aliphatic rings. The molecule has 0 saturated carbocycles. The second-order valence-corrected chi connectivity index (χ2v) is 4.72. The lowest BCUT2D eigenvalue weighted by Gasteiger charge is -2.05. The van der Waals surface area contributed by atoms with E-state index in [9.17, 15) is 9.00 Å². The lowest BCUT2D eigenvalue weighted by atomic mass is 10.3. The fourth-order valence-corrected chi connectivity index (χ4v) is 2.10. The van der Waals surface area contributed by atoms with Crippen molar-refractivity contribution in [3.63, 3.8) is 0 Å². The van der Waals surface area contributed by atoms with Gasteiger partial charge >= 0.3 is 5.97 Å². The minimum Gasteiger partial charge on any atom is -0.497 e. The molecule has 1 atom stereocenters. The zero-order chi connectivity index (χ0) is 12.1. The third kappa shape index (κ3) is 3.98. The van der Waals surface area contributed by atoms with E-state index in [1.54, 1.807) is 19.1 Å². The van der Waals surface area contributed by atoms with Gasteiger partial charge in [0.15, 0.2) is 0 Å². The highest BCUT2D eigenvalue weighted by Crippen LogP contribution is 2.14. The molecular weight excluding hydrogens is 230 g/mol. The van der Waals surface area contributed by atoms with Crippen molar-refractivity contribution in [2.45, 2.75) is 12.7 Å². The number of carbonyl (C=O) groups is 1. The smallest absolute Gasteiger partial charge is 0.316 e. The van der Waals surface area contributed by atoms with Crippen molar-refractivity contribution >= 4 is 16.8 Å². The number of aromatic nitrogens is 1. The van der Waals surface area contributed by atoms with Crippen molar-refractivity contribution in [2.24, 2.45) is 0 Å². The Labute approximate surface area is 95.9 Å². The van der Waals surface area contributed by atoms with Crippen LogP contribution in [0.3, 0.4) is 0 Å². The first-order valence-corrected chi connectivity index (χ1v) is 6.08. The number of hydrogen-bond acceptors (Lipinski definition) is 4. The lowest BCUT2D eigenvalue weighted by molar-refractivity contribution is -0.133. The Hall–Kier alpha value is -1.43. The summed E-state index contributed by atoms with van der Waals surface area (Å²) in [7, 11) is 0.0973. The predicted octanol–water partition coefficient (Wildman–Crippen LogP) is 0.732. The van der Waals surface area contributed by atoms with Gasteiger partial charge in [-0.2, -0.15) is 0 Å². The van der Waals surface area contributed by atoms with E-state index in [1.165, 1.54) is 7.11 Å². The van der Waals surface area contributed by atoms with Crippen LogP contribution in [0, 0.1) is 6.92 Å². The Morgan fingerprint density at radius 2 is 2.25 bits per heavy atom. The van der Waals surface area contributed by atoms with Gasteiger partial charge < -0.3 is 9.84 Å². The molecule has 0 amide bonds. The zero-order valence-electron chi connectivity index (χ0n) is 9.10. The van der Waals surface area contributed by atoms with Gasteiger partial charge in [0.05, 0.1) is 18.6 Å². The van der Waals surface area contributed by atoms with Crippen molar-refractivity contribution in [1.82, 2.24) is 4.98 Å². The summed E-state index contributed by atoms with van der Waals surface area (Å²) < 4.78 is 16.4. The maximum absolute atomic E-state index is 11.4. The highest BCUT2D eigenvalue weighted by Gasteiger charge is 2.09. The topological polar surface area (TPSA) is 76.5 Å². The Kier molecular flexibility index (Phi) is 4.42. The number of methoxy groups -OCH3 is 1. The molecule has 1 unspecified atom stereocenters. The zero-order valence-corrected chi connectivity index (χ0v) is 9.91. The Morgan fingerprint density at radius 3 is 2.81 bits per heavy atom. The van der Waals surface area contributed by atoms with Crippen molar-refractivity contribution in [1.29, 1.82) is 0 Å². The average Bonchev–Trinajstić information content (AvgIpc) is 2.14. The summed E-state index contributed by atoms with van der Waals surface area (Å²) in [5.74, 6) is -0.671. The molecule has 0 fully saturated rings. The van der Waals surface area contributed by atoms with Gasteiger partial charge in [0, 0.05) is 28.6 Å². The van der Waals surface area contributed by atoms with Crippen LogP contribution in [0.2, 0.25) is 0 Å². The molecule has 1 rings (SSSR count). The van der Waals surface area contributed by atoms with Crippen LogP contribution in [0.5, 0.6) is 5.75 Å². The Balaban J connectivity index is 2.76. The summed E-state index contributed by atoms with van der Waals surface area (Å²) in [5.41, 5.74) is 1.33. The molecule has 1 heterocycles. The van der Waals surface area contributed by atoms with Crippen LogP contribution in [-0.4, -0.2) is 33.1 Å². The molecule has 88 valence electrons. The molecule has 6 heteroatoms. The molecule has 0 aliphatic heterocycles. The fraction of sp³-hybridized carbons (Fsp3) is 0.400. The van der Waals surface area contributed by atoms with Gasteiger partial charge in [0.1, 0.15) is 11.5 Å². The standard InChI is InChI=1S/C10H13NO4S/c1-7-3-9(15-2)4-8(11-7)5-16(14)6-10(12)13/h3-4H,5-6H2,1-2H3,(H,12,13). The molecule has 5 nitrogen and oxygen atoms in total. The van der Waals surface area contributed by atoms with Gasteiger partial charge in [-0.3, -0.25) is 14.0 Å². The summed E-state index contributed by atoms with van der Waals surface area (Å²) in [5, 5.41) is 8.48. The highest BCUT2D eigenvalue weighted by atomic mass is 32.2. The molecule has 1 aromatic heterocycles. The third-order valence-electron chi connectivity index (χ3n) is 1.81. The quantitative estimate of drug-likeness (QED) is 0.825. The number of carboxylic acid groups (broad SMARTS) is 1. The van der Waals surface area contributed by atoms with Crippen LogP contribution < -0.4 is 4.74 Å². The first kappa shape index (κ1) is 12.6. The largest absolute Gasteiger partial charge is 0.497 e. The van der Waals surface area contributed by atoms with Gasteiger partial charge in [0.25, 0.3) is 0 Å². The normalized spacial score (nSPS) is 12.1. The molecule has 1 aromatic rings. The summed E-state index contributed by atoms with van der Waals surface area (Å²) >= 11 is 0. The number of ether oxygens (including phenoxy) is 1. The van der Waals surface area contributed by atoms with Gasteiger partial charge in [-0.15, -0.1) is 0 Å². The number of nitrogens with zero attached hydrogens (tertiary/aromatic N) is 1. The van der Waals surface area contributed by atoms with E-state index < -0.39 is 16.8 Å². The summed E-state index contributed by atoms with van der Waals surface area (Å²) in [6.07, 6.45) is 0. The predicted molar refractivity (Wildman–Crippen MR) is 59.9 cm³/mol. The molecule has 1 N–H and O–H groups in total. The lowest BCUT2D eigenvalue weighted by Crippen LogP contribution is -2.11. The van der Waals surface area contributed by atoms with E-state index >= 15 is 0 Å². The van der Waals surface area contributed by atoms with Gasteiger partial charge in [-0.05, 0) is 6.92 Å². The second kappa shape index (κ2) is 5.60. The van der Waals surface area contributed by atoms with Crippen molar-refractivity contribution in [3.8, 4) is 5.75 Å². The van der Waals surface area contributed by atoms with Crippen LogP contribution in [0.4, 0.5) is 0 Å². The maximum Gasteiger partial charge on any atom is 0.316 e. The van der Waals surface area contributed by atoms with Crippen LogP contribution >= 0.6 is 0 Å². The molecule has 0 saturated heterocycles. The Morgan fingerprint density at radius 1 is 1.56 bits per heavy atom. The molecule has 16 heavy (non-hydrogen) atoms. The molecule has 0 aliphatic carbocycles. The van der Waals surface area contributed by atoms with Crippen LogP contribution in [-0.2, 0) is 21.3 Å². The first-order valence-electron chi connectivity index (χ1n) is 4.59. The first-order chi connectivity index (χ1) is 7.51. The molecule has 0 radical (unpaired) electrons. The summed E-state index contributed by atoms with van der Waals surface area (Å²) in [6.45, 7) is 1.80. The maximum atomic E-state index is 11.4. The van der Waals surface area contributed by atoms with Gasteiger partial charge in [0.2, 0.25) is 0 Å². The number of pyridine rings is 1. The number of rotatable bonds is 5. The SMILES string of the molecule is COc1cc(C)nc(CS(=O)CC(=O)O)c1. The van der Waals surface area contributed by atoms with E-state index in [0.29, 0.717) is 11.4 Å². The minimum atomic E-state index is -1.44. The number of aliphatic carboxylic acids is 1. The average molecular weight is 243 g/mol. The number of carboxylic acids is 1. The molecular formula is C10H13NO4S. The van der Waals surface area contributed by atoms with Crippen molar-refractivity contribution < 1.29 is 18.8 Å². The van der Waals surface area contributed by atoms with E-state index in [-0.39, 0.29) is 11.5 Å². The van der Waals surface area contributed by atoms with Crippen molar-refractivity contribution in [2.75, 3.05) is 12.9 Å². The van der Waals surface area contributed by atoms with E-state index in [1.807, 2.05) is 0 Å². The van der Waals surface area contributed by atoms with Gasteiger partial charge in [-0.25, -0.2) is 0 Å². The van der Waals surface area contributed by atoms with Crippen LogP contribution in [0.25, 0.3) is 0 Å². The van der Waals surface area contributed by atoms with E-state index in [0.717, 1.165) is 5.69 Å². The summed E-state index contributed by atoms with van der Waals surface area (Å²) in [6, 6.07) is 3.41. The van der Waals surface area contributed by atoms with Crippen LogP contribution in [0.15, 0.2) is 12.1 Å². The van der Waals surface area contributed by atoms with E-state index in [2.05, 4.69) is 4.98 Å². The molecule has 0 bridgehead atoms. The fourth-order valence-electron chi connectivity index (χ4n) is 1.25. The minimum absolute atomic E-state index is 0.129. The van der Waals surface area contributed by atoms with Gasteiger partial charge in [-0.1, -0.05) is 0 Å². The summed E-state index contributed by atoms with van der Waals surface area (Å²) in [4.78, 5) is 14.5. The molecule has 0 aromatic carbocycles. The molecule has 0 spiro atoms. The number of hydrogen-bond donors (Lipinski definition) is 1. The van der Waals surface area contributed by atoms with Crippen LogP contribution in [0.1, 0.15) is 11.4 Å². The second-order valence-electron chi connectivity index (χ2n) is 3.26. The monoisotopic (exact) mass is 243 g/mol. The van der Waals surface area contributed by atoms with E-state index in [4.69, 9.17) is 9.84 Å². The Bertz CT molecular complexity index is 419. The third-order valence-corrected chi connectivity index (χ3v) is 3.00. The number of aryl methyl sites for hydroxylation is 1.